The van der Waals surface area contributed by atoms with Gasteiger partial charge in [0.1, 0.15) is 11.6 Å². The fraction of sp³-hybridized carbons (Fsp3) is 0.412. The van der Waals surface area contributed by atoms with E-state index in [1.165, 1.54) is 41.0 Å². The van der Waals surface area contributed by atoms with Gasteiger partial charge in [-0.15, -0.1) is 11.8 Å². The quantitative estimate of drug-likeness (QED) is 0.689. The predicted octanol–water partition coefficient (Wildman–Crippen LogP) is 3.93. The van der Waals surface area contributed by atoms with E-state index in [0.717, 1.165) is 24.4 Å². The number of aromatic nitrogens is 2. The number of hydrogen-bond donors (Lipinski definition) is 1. The van der Waals surface area contributed by atoms with Crippen molar-refractivity contribution in [2.45, 2.75) is 49.7 Å². The lowest BCUT2D eigenvalue weighted by Crippen LogP contribution is -2.08. The van der Waals surface area contributed by atoms with E-state index in [-0.39, 0.29) is 0 Å². The fourth-order valence-corrected chi connectivity index (χ4v) is 3.66. The molecule has 0 saturated heterocycles. The molecule has 3 nitrogen and oxygen atoms in total. The molecule has 1 aromatic carbocycles. The molecule has 110 valence electrons. The third-order valence-electron chi connectivity index (χ3n) is 3.96. The lowest BCUT2D eigenvalue weighted by Gasteiger charge is -2.10. The first kappa shape index (κ1) is 14.4. The molecule has 4 heteroatoms. The maximum absolute atomic E-state index is 6.15. The fourth-order valence-electron chi connectivity index (χ4n) is 2.78. The van der Waals surface area contributed by atoms with Crippen molar-refractivity contribution >= 4 is 17.6 Å². The van der Waals surface area contributed by atoms with Crippen molar-refractivity contribution in [3.63, 3.8) is 0 Å². The minimum atomic E-state index is 0.697. The van der Waals surface area contributed by atoms with Gasteiger partial charge in [0.25, 0.3) is 0 Å². The molecule has 2 aromatic rings. The zero-order valence-electron chi connectivity index (χ0n) is 12.4. The summed E-state index contributed by atoms with van der Waals surface area (Å²) in [4.78, 5) is 10.6. The summed E-state index contributed by atoms with van der Waals surface area (Å²) in [7, 11) is 0. The van der Waals surface area contributed by atoms with Gasteiger partial charge in [-0.2, -0.15) is 0 Å². The van der Waals surface area contributed by atoms with Crippen LogP contribution in [0, 0.1) is 6.92 Å². The second-order valence-electron chi connectivity index (χ2n) is 5.57. The Morgan fingerprint density at radius 3 is 2.76 bits per heavy atom. The molecule has 0 unspecified atom stereocenters. The molecule has 1 aliphatic rings. The van der Waals surface area contributed by atoms with Crippen molar-refractivity contribution in [1.82, 2.24) is 9.97 Å². The van der Waals surface area contributed by atoms with E-state index in [0.29, 0.717) is 5.82 Å². The highest BCUT2D eigenvalue weighted by Gasteiger charge is 2.15. The predicted molar refractivity (Wildman–Crippen MR) is 88.4 cm³/mol. The number of thioether (sulfide) groups is 1. The van der Waals surface area contributed by atoms with Gasteiger partial charge < -0.3 is 5.73 Å². The van der Waals surface area contributed by atoms with Crippen LogP contribution in [0.3, 0.4) is 0 Å². The van der Waals surface area contributed by atoms with Crippen molar-refractivity contribution in [1.29, 1.82) is 0 Å². The lowest BCUT2D eigenvalue weighted by atomic mass is 10.1. The first-order valence-electron chi connectivity index (χ1n) is 7.56. The van der Waals surface area contributed by atoms with Crippen LogP contribution in [0.5, 0.6) is 0 Å². The standard InChI is InChI=1S/C17H21N3S/c1-12-7-5-6-10-15(12)21-11-16-19-14-9-4-2-3-8-13(14)17(18)20-16/h5-7,10H,2-4,8-9,11H2,1H3,(H2,18,19,20). The summed E-state index contributed by atoms with van der Waals surface area (Å²) in [6.45, 7) is 2.13. The van der Waals surface area contributed by atoms with Gasteiger partial charge in [0, 0.05) is 16.2 Å². The van der Waals surface area contributed by atoms with Gasteiger partial charge in [-0.25, -0.2) is 9.97 Å². The van der Waals surface area contributed by atoms with E-state index in [4.69, 9.17) is 10.7 Å². The number of benzene rings is 1. The van der Waals surface area contributed by atoms with E-state index in [1.807, 2.05) is 0 Å². The minimum Gasteiger partial charge on any atom is -0.383 e. The second-order valence-corrected chi connectivity index (χ2v) is 6.58. The van der Waals surface area contributed by atoms with Crippen molar-refractivity contribution in [2.75, 3.05) is 5.73 Å². The van der Waals surface area contributed by atoms with Gasteiger partial charge in [0.15, 0.2) is 0 Å². The molecule has 0 amide bonds. The summed E-state index contributed by atoms with van der Waals surface area (Å²) in [5, 5.41) is 0. The smallest absolute Gasteiger partial charge is 0.141 e. The van der Waals surface area contributed by atoms with Crippen molar-refractivity contribution in [3.05, 3.63) is 46.9 Å². The van der Waals surface area contributed by atoms with Gasteiger partial charge in [0.2, 0.25) is 0 Å². The Balaban J connectivity index is 1.79. The molecule has 1 aromatic heterocycles. The van der Waals surface area contributed by atoms with Crippen LogP contribution in [0.25, 0.3) is 0 Å². The maximum Gasteiger partial charge on any atom is 0.141 e. The molecule has 1 heterocycles. The summed E-state index contributed by atoms with van der Waals surface area (Å²) in [5.41, 5.74) is 9.82. The number of aryl methyl sites for hydroxylation is 2. The first-order valence-corrected chi connectivity index (χ1v) is 8.55. The summed E-state index contributed by atoms with van der Waals surface area (Å²) in [5.74, 6) is 2.34. The van der Waals surface area contributed by atoms with E-state index < -0.39 is 0 Å². The van der Waals surface area contributed by atoms with Gasteiger partial charge in [-0.05, 0) is 44.2 Å². The molecular formula is C17H21N3S. The van der Waals surface area contributed by atoms with Crippen LogP contribution in [-0.4, -0.2) is 9.97 Å². The Hall–Kier alpha value is -1.55. The number of anilines is 1. The number of fused-ring (bicyclic) bond motifs is 1. The molecule has 0 bridgehead atoms. The Bertz CT molecular complexity index is 640. The summed E-state index contributed by atoms with van der Waals surface area (Å²) < 4.78 is 0. The third kappa shape index (κ3) is 3.38. The molecule has 0 atom stereocenters. The van der Waals surface area contributed by atoms with Crippen molar-refractivity contribution in [3.8, 4) is 0 Å². The van der Waals surface area contributed by atoms with E-state index >= 15 is 0 Å². The molecule has 0 spiro atoms. The molecule has 21 heavy (non-hydrogen) atoms. The average molecular weight is 299 g/mol. The molecule has 1 aliphatic carbocycles. The molecule has 0 fully saturated rings. The van der Waals surface area contributed by atoms with Crippen LogP contribution in [0.4, 0.5) is 5.82 Å². The van der Waals surface area contributed by atoms with E-state index in [2.05, 4.69) is 36.2 Å². The first-order chi connectivity index (χ1) is 10.2. The van der Waals surface area contributed by atoms with Crippen LogP contribution in [0.2, 0.25) is 0 Å². The zero-order valence-corrected chi connectivity index (χ0v) is 13.2. The third-order valence-corrected chi connectivity index (χ3v) is 5.13. The van der Waals surface area contributed by atoms with Gasteiger partial charge in [-0.1, -0.05) is 24.6 Å². The van der Waals surface area contributed by atoms with Crippen LogP contribution < -0.4 is 5.73 Å². The van der Waals surface area contributed by atoms with Crippen molar-refractivity contribution in [2.24, 2.45) is 0 Å². The highest BCUT2D eigenvalue weighted by Crippen LogP contribution is 2.27. The van der Waals surface area contributed by atoms with Gasteiger partial charge in [0.05, 0.1) is 5.75 Å². The number of nitrogens with two attached hydrogens (primary N) is 1. The van der Waals surface area contributed by atoms with Crippen LogP contribution in [-0.2, 0) is 18.6 Å². The second kappa shape index (κ2) is 6.48. The topological polar surface area (TPSA) is 51.8 Å². The van der Waals surface area contributed by atoms with E-state index in [9.17, 15) is 0 Å². The maximum atomic E-state index is 6.15. The van der Waals surface area contributed by atoms with Gasteiger partial charge in [-0.3, -0.25) is 0 Å². The molecule has 0 saturated carbocycles. The Kier molecular flexibility index (Phi) is 4.44. The van der Waals surface area contributed by atoms with Crippen molar-refractivity contribution < 1.29 is 0 Å². The highest BCUT2D eigenvalue weighted by atomic mass is 32.2. The van der Waals surface area contributed by atoms with Crippen LogP contribution in [0.15, 0.2) is 29.2 Å². The monoisotopic (exact) mass is 299 g/mol. The number of rotatable bonds is 3. The average Bonchev–Trinajstić information content (AvgIpc) is 2.72. The lowest BCUT2D eigenvalue weighted by molar-refractivity contribution is 0.708. The van der Waals surface area contributed by atoms with Gasteiger partial charge >= 0.3 is 0 Å². The SMILES string of the molecule is Cc1ccccc1SCc1nc(N)c2c(n1)CCCCC2. The summed E-state index contributed by atoms with van der Waals surface area (Å²) >= 11 is 1.78. The minimum absolute atomic E-state index is 0.697. The largest absolute Gasteiger partial charge is 0.383 e. The normalized spacial score (nSPS) is 14.5. The Labute approximate surface area is 130 Å². The molecular weight excluding hydrogens is 278 g/mol. The summed E-state index contributed by atoms with van der Waals surface area (Å²) in [6, 6.07) is 8.42. The van der Waals surface area contributed by atoms with Crippen LogP contribution >= 0.6 is 11.8 Å². The Morgan fingerprint density at radius 1 is 1.10 bits per heavy atom. The zero-order chi connectivity index (χ0) is 14.7. The number of nitrogen functional groups attached to an aromatic ring is 1. The molecule has 0 radical (unpaired) electrons. The molecule has 3 rings (SSSR count). The Morgan fingerprint density at radius 2 is 1.90 bits per heavy atom. The summed E-state index contributed by atoms with van der Waals surface area (Å²) in [6.07, 6.45) is 5.77. The van der Waals surface area contributed by atoms with E-state index in [1.54, 1.807) is 11.8 Å². The highest BCUT2D eigenvalue weighted by molar-refractivity contribution is 7.98. The van der Waals surface area contributed by atoms with Crippen LogP contribution in [0.1, 0.15) is 41.9 Å². The number of nitrogens with zero attached hydrogens (tertiary/aromatic N) is 2. The molecule has 0 aliphatic heterocycles. The molecule has 2 N–H and O–H groups in total. The number of hydrogen-bond acceptors (Lipinski definition) is 4.